The van der Waals surface area contributed by atoms with Gasteiger partial charge in [0.25, 0.3) is 0 Å². The summed E-state index contributed by atoms with van der Waals surface area (Å²) in [7, 11) is 0. The molecule has 0 saturated carbocycles. The fourth-order valence-corrected chi connectivity index (χ4v) is 1.44. The van der Waals surface area contributed by atoms with E-state index in [1.54, 1.807) is 6.08 Å². The lowest BCUT2D eigenvalue weighted by atomic mass is 9.87. The predicted octanol–water partition coefficient (Wildman–Crippen LogP) is 3.06. The number of hydrogen-bond acceptors (Lipinski definition) is 1. The Morgan fingerprint density at radius 1 is 1.47 bits per heavy atom. The van der Waals surface area contributed by atoms with Crippen LogP contribution >= 0.6 is 0 Å². The number of allylic oxidation sites excluding steroid dienone is 3. The minimum atomic E-state index is -0.609. The number of aliphatic hydroxyl groups excluding tert-OH is 1. The van der Waals surface area contributed by atoms with Gasteiger partial charge in [0.05, 0.1) is 0 Å². The zero-order valence-corrected chi connectivity index (χ0v) is 9.88. The van der Waals surface area contributed by atoms with E-state index in [1.807, 2.05) is 0 Å². The molecule has 82 valence electrons. The molecule has 1 N–H and O–H groups in total. The van der Waals surface area contributed by atoms with Gasteiger partial charge in [0.15, 0.2) is 0 Å². The Balaban J connectivity index is 2.84. The summed E-state index contributed by atoms with van der Waals surface area (Å²) in [6, 6.07) is 0. The zero-order valence-electron chi connectivity index (χ0n) is 9.88. The Bertz CT molecular complexity index is 323. The predicted molar refractivity (Wildman–Crippen MR) is 64.3 cm³/mol. The van der Waals surface area contributed by atoms with E-state index >= 15 is 0 Å². The van der Waals surface area contributed by atoms with Crippen molar-refractivity contribution in [1.82, 2.24) is 0 Å². The Labute approximate surface area is 92.9 Å². The normalized spacial score (nSPS) is 31.5. The fourth-order valence-electron chi connectivity index (χ4n) is 1.44. The van der Waals surface area contributed by atoms with Gasteiger partial charge in [-0.1, -0.05) is 43.4 Å². The molecule has 0 aromatic rings. The minimum Gasteiger partial charge on any atom is -0.377 e. The molecule has 0 amide bonds. The molecule has 0 heterocycles. The molecule has 1 aliphatic rings. The third kappa shape index (κ3) is 4.85. The quantitative estimate of drug-likeness (QED) is 0.475. The van der Waals surface area contributed by atoms with Gasteiger partial charge in [0.2, 0.25) is 0 Å². The van der Waals surface area contributed by atoms with Crippen molar-refractivity contribution in [3.05, 3.63) is 23.8 Å². The van der Waals surface area contributed by atoms with Gasteiger partial charge in [-0.25, -0.2) is 0 Å². The van der Waals surface area contributed by atoms with Crippen molar-refractivity contribution in [2.45, 2.75) is 46.1 Å². The molecule has 1 atom stereocenters. The maximum absolute atomic E-state index is 9.54. The van der Waals surface area contributed by atoms with Crippen molar-refractivity contribution in [3.8, 4) is 11.8 Å². The molecule has 0 aromatic carbocycles. The van der Waals surface area contributed by atoms with Crippen LogP contribution < -0.4 is 0 Å². The second-order valence-corrected chi connectivity index (χ2v) is 4.87. The third-order valence-corrected chi connectivity index (χ3v) is 2.60. The summed E-state index contributed by atoms with van der Waals surface area (Å²) in [5, 5.41) is 9.54. The van der Waals surface area contributed by atoms with Gasteiger partial charge < -0.3 is 5.11 Å². The molecule has 0 saturated heterocycles. The summed E-state index contributed by atoms with van der Waals surface area (Å²) in [5.74, 6) is 5.83. The van der Waals surface area contributed by atoms with Gasteiger partial charge in [-0.15, -0.1) is 0 Å². The highest BCUT2D eigenvalue weighted by atomic mass is 16.3. The Hall–Kier alpha value is -1.00. The van der Waals surface area contributed by atoms with Crippen molar-refractivity contribution >= 4 is 0 Å². The first-order chi connectivity index (χ1) is 6.99. The summed E-state index contributed by atoms with van der Waals surface area (Å²) in [6.07, 6.45) is 8.39. The number of aliphatic hydroxyl groups is 1. The lowest BCUT2D eigenvalue weighted by Crippen LogP contribution is -2.08. The van der Waals surface area contributed by atoms with Crippen molar-refractivity contribution in [1.29, 1.82) is 0 Å². The van der Waals surface area contributed by atoms with Crippen LogP contribution in [0.4, 0.5) is 0 Å². The van der Waals surface area contributed by atoms with Crippen LogP contribution in [0.2, 0.25) is 0 Å². The van der Waals surface area contributed by atoms with Crippen molar-refractivity contribution < 1.29 is 5.11 Å². The average Bonchev–Trinajstić information content (AvgIpc) is 2.20. The van der Waals surface area contributed by atoms with Crippen molar-refractivity contribution in [2.24, 2.45) is 5.41 Å². The SMILES string of the molecule is C/C1=C\CC(C)(C)/C=C/C(O)C#CCC1. The summed E-state index contributed by atoms with van der Waals surface area (Å²) in [4.78, 5) is 0. The first-order valence-corrected chi connectivity index (χ1v) is 5.51. The van der Waals surface area contributed by atoms with E-state index in [4.69, 9.17) is 0 Å². The topological polar surface area (TPSA) is 20.2 Å². The first-order valence-electron chi connectivity index (χ1n) is 5.51. The molecule has 1 aliphatic carbocycles. The summed E-state index contributed by atoms with van der Waals surface area (Å²) in [5.41, 5.74) is 1.50. The second kappa shape index (κ2) is 5.19. The molecule has 1 rings (SSSR count). The summed E-state index contributed by atoms with van der Waals surface area (Å²) >= 11 is 0. The minimum absolute atomic E-state index is 0.105. The average molecular weight is 204 g/mol. The summed E-state index contributed by atoms with van der Waals surface area (Å²) in [6.45, 7) is 6.49. The molecule has 1 heteroatoms. The van der Waals surface area contributed by atoms with Crippen molar-refractivity contribution in [3.63, 3.8) is 0 Å². The van der Waals surface area contributed by atoms with Crippen LogP contribution in [0.1, 0.15) is 40.0 Å². The molecular weight excluding hydrogens is 184 g/mol. The van der Waals surface area contributed by atoms with E-state index in [1.165, 1.54) is 5.57 Å². The molecule has 0 aliphatic heterocycles. The van der Waals surface area contributed by atoms with Crippen LogP contribution in [-0.2, 0) is 0 Å². The highest BCUT2D eigenvalue weighted by Gasteiger charge is 2.12. The lowest BCUT2D eigenvalue weighted by Gasteiger charge is -2.18. The Morgan fingerprint density at radius 3 is 2.93 bits per heavy atom. The first kappa shape index (κ1) is 12.1. The lowest BCUT2D eigenvalue weighted by molar-refractivity contribution is 0.278. The molecule has 0 bridgehead atoms. The van der Waals surface area contributed by atoms with E-state index in [0.29, 0.717) is 0 Å². The van der Waals surface area contributed by atoms with Gasteiger partial charge in [-0.05, 0) is 31.3 Å². The number of rotatable bonds is 0. The molecule has 0 spiro atoms. The molecular formula is C14H20O. The van der Waals surface area contributed by atoms with Crippen LogP contribution in [0.3, 0.4) is 0 Å². The largest absolute Gasteiger partial charge is 0.377 e. The third-order valence-electron chi connectivity index (χ3n) is 2.60. The van der Waals surface area contributed by atoms with Crippen LogP contribution in [-0.4, -0.2) is 11.2 Å². The van der Waals surface area contributed by atoms with Gasteiger partial charge in [-0.3, -0.25) is 0 Å². The van der Waals surface area contributed by atoms with Crippen LogP contribution in [0.25, 0.3) is 0 Å². The summed E-state index contributed by atoms with van der Waals surface area (Å²) < 4.78 is 0. The Morgan fingerprint density at radius 2 is 2.20 bits per heavy atom. The fraction of sp³-hybridized carbons (Fsp3) is 0.571. The second-order valence-electron chi connectivity index (χ2n) is 4.87. The maximum Gasteiger partial charge on any atom is 0.133 e. The monoisotopic (exact) mass is 204 g/mol. The molecule has 1 nitrogen and oxygen atoms in total. The van der Waals surface area contributed by atoms with E-state index in [0.717, 1.165) is 19.3 Å². The van der Waals surface area contributed by atoms with E-state index < -0.39 is 6.10 Å². The molecule has 1 unspecified atom stereocenters. The van der Waals surface area contributed by atoms with Crippen molar-refractivity contribution in [2.75, 3.05) is 0 Å². The molecule has 0 radical (unpaired) electrons. The van der Waals surface area contributed by atoms with E-state index in [-0.39, 0.29) is 5.41 Å². The van der Waals surface area contributed by atoms with Gasteiger partial charge in [0.1, 0.15) is 6.10 Å². The standard InChI is InChI=1S/C14H20O/c1-12-6-4-5-7-13(15)9-11-14(2,3)10-8-12/h8-9,11,13,15H,4,6,10H2,1-3H3/b11-9+,12-8+. The molecule has 0 aromatic heterocycles. The smallest absolute Gasteiger partial charge is 0.133 e. The number of hydrogen-bond donors (Lipinski definition) is 1. The maximum atomic E-state index is 9.54. The van der Waals surface area contributed by atoms with Gasteiger partial charge in [0, 0.05) is 6.42 Å². The highest BCUT2D eigenvalue weighted by molar-refractivity contribution is 5.17. The van der Waals surface area contributed by atoms with E-state index in [2.05, 4.69) is 44.8 Å². The molecule has 15 heavy (non-hydrogen) atoms. The Kier molecular flexibility index (Phi) is 4.17. The van der Waals surface area contributed by atoms with Crippen LogP contribution in [0, 0.1) is 17.3 Å². The van der Waals surface area contributed by atoms with Gasteiger partial charge >= 0.3 is 0 Å². The highest BCUT2D eigenvalue weighted by Crippen LogP contribution is 2.24. The van der Waals surface area contributed by atoms with Crippen LogP contribution in [0.15, 0.2) is 23.8 Å². The zero-order chi connectivity index (χ0) is 11.3. The van der Waals surface area contributed by atoms with Crippen LogP contribution in [0.5, 0.6) is 0 Å². The molecule has 0 fully saturated rings. The van der Waals surface area contributed by atoms with Gasteiger partial charge in [-0.2, -0.15) is 0 Å². The van der Waals surface area contributed by atoms with E-state index in [9.17, 15) is 5.11 Å².